The molecule has 2 unspecified atom stereocenters. The molecular formula is C12H10ClNO4. The van der Waals surface area contributed by atoms with Crippen LogP contribution in [0.3, 0.4) is 0 Å². The Morgan fingerprint density at radius 2 is 1.94 bits per heavy atom. The lowest BCUT2D eigenvalue weighted by atomic mass is 10.0. The van der Waals surface area contributed by atoms with Gasteiger partial charge in [0, 0.05) is 5.39 Å². The fourth-order valence-electron chi connectivity index (χ4n) is 1.62. The lowest BCUT2D eigenvalue weighted by Crippen LogP contribution is -2.27. The highest BCUT2D eigenvalue weighted by atomic mass is 35.5. The second-order valence-corrected chi connectivity index (χ2v) is 4.20. The molecule has 94 valence electrons. The molecule has 2 aromatic rings. The smallest absolute Gasteiger partial charge is 0.335 e. The van der Waals surface area contributed by atoms with Gasteiger partial charge in [0.1, 0.15) is 11.3 Å². The van der Waals surface area contributed by atoms with Gasteiger partial charge < -0.3 is 15.3 Å². The fraction of sp³-hybridized carbons (Fsp3) is 0.167. The third kappa shape index (κ3) is 2.43. The summed E-state index contributed by atoms with van der Waals surface area (Å²) >= 11 is 5.73. The third-order valence-corrected chi connectivity index (χ3v) is 2.78. The van der Waals surface area contributed by atoms with Gasteiger partial charge in [-0.25, -0.2) is 9.78 Å². The molecule has 3 N–H and O–H groups in total. The summed E-state index contributed by atoms with van der Waals surface area (Å²) in [6.07, 6.45) is -3.34. The van der Waals surface area contributed by atoms with Gasteiger partial charge >= 0.3 is 5.97 Å². The molecule has 0 spiro atoms. The predicted molar refractivity (Wildman–Crippen MR) is 65.4 cm³/mol. The zero-order valence-corrected chi connectivity index (χ0v) is 9.87. The molecule has 2 rings (SSSR count). The van der Waals surface area contributed by atoms with E-state index in [1.165, 1.54) is 6.07 Å². The van der Waals surface area contributed by atoms with Gasteiger partial charge in [0.15, 0.2) is 6.10 Å². The van der Waals surface area contributed by atoms with Crippen LogP contribution in [-0.2, 0) is 4.79 Å². The van der Waals surface area contributed by atoms with Crippen molar-refractivity contribution in [3.05, 3.63) is 41.0 Å². The van der Waals surface area contributed by atoms with Crippen molar-refractivity contribution < 1.29 is 20.1 Å². The van der Waals surface area contributed by atoms with E-state index in [2.05, 4.69) is 4.98 Å². The first kappa shape index (κ1) is 12.8. The second-order valence-electron chi connectivity index (χ2n) is 3.81. The zero-order valence-electron chi connectivity index (χ0n) is 9.12. The molecule has 5 nitrogen and oxygen atoms in total. The number of aromatic nitrogens is 1. The van der Waals surface area contributed by atoms with Crippen LogP contribution >= 0.6 is 11.6 Å². The van der Waals surface area contributed by atoms with Gasteiger partial charge in [-0.05, 0) is 29.8 Å². The lowest BCUT2D eigenvalue weighted by molar-refractivity contribution is -0.153. The van der Waals surface area contributed by atoms with Gasteiger partial charge in [-0.15, -0.1) is 0 Å². The van der Waals surface area contributed by atoms with Crippen LogP contribution in [0.5, 0.6) is 0 Å². The number of aliphatic hydroxyl groups excluding tert-OH is 2. The van der Waals surface area contributed by atoms with Crippen molar-refractivity contribution >= 4 is 28.5 Å². The summed E-state index contributed by atoms with van der Waals surface area (Å²) in [6, 6.07) is 7.97. The highest BCUT2D eigenvalue weighted by Crippen LogP contribution is 2.23. The molecule has 0 aliphatic carbocycles. The number of halogens is 1. The number of aliphatic carboxylic acids is 1. The number of rotatable bonds is 3. The van der Waals surface area contributed by atoms with Crippen molar-refractivity contribution in [1.29, 1.82) is 0 Å². The Bertz CT molecular complexity index is 602. The minimum atomic E-state index is -1.86. The predicted octanol–water partition coefficient (Wildman–Crippen LogP) is 1.37. The lowest BCUT2D eigenvalue weighted by Gasteiger charge is -2.14. The van der Waals surface area contributed by atoms with Crippen molar-refractivity contribution in [2.24, 2.45) is 0 Å². The standard InChI is InChI=1S/C12H10ClNO4/c13-9-4-2-6-5-7(1-3-8(6)14-9)10(15)11(16)12(17)18/h1-5,10-11,15-16H,(H,17,18). The number of carboxylic acid groups (broad SMARTS) is 1. The van der Waals surface area contributed by atoms with Gasteiger partial charge in [0.2, 0.25) is 0 Å². The van der Waals surface area contributed by atoms with Crippen LogP contribution in [0.4, 0.5) is 0 Å². The Kier molecular flexibility index (Phi) is 3.47. The van der Waals surface area contributed by atoms with E-state index in [0.29, 0.717) is 21.6 Å². The molecule has 0 saturated carbocycles. The van der Waals surface area contributed by atoms with Gasteiger partial charge in [0.05, 0.1) is 5.52 Å². The molecule has 18 heavy (non-hydrogen) atoms. The molecular weight excluding hydrogens is 258 g/mol. The minimum absolute atomic E-state index is 0.307. The van der Waals surface area contributed by atoms with Crippen LogP contribution in [0.15, 0.2) is 30.3 Å². The maximum atomic E-state index is 10.6. The summed E-state index contributed by atoms with van der Waals surface area (Å²) < 4.78 is 0. The summed E-state index contributed by atoms with van der Waals surface area (Å²) in [4.78, 5) is 14.6. The monoisotopic (exact) mass is 267 g/mol. The first-order chi connectivity index (χ1) is 8.49. The summed E-state index contributed by atoms with van der Waals surface area (Å²) in [5, 5.41) is 28.6. The van der Waals surface area contributed by atoms with Crippen molar-refractivity contribution in [2.45, 2.75) is 12.2 Å². The second kappa shape index (κ2) is 4.89. The van der Waals surface area contributed by atoms with E-state index in [1.807, 2.05) is 0 Å². The van der Waals surface area contributed by atoms with E-state index < -0.39 is 18.2 Å². The van der Waals surface area contributed by atoms with Crippen LogP contribution in [0, 0.1) is 0 Å². The van der Waals surface area contributed by atoms with Crippen molar-refractivity contribution in [2.75, 3.05) is 0 Å². The number of carboxylic acids is 1. The van der Waals surface area contributed by atoms with Crippen LogP contribution in [-0.4, -0.2) is 32.4 Å². The summed E-state index contributed by atoms with van der Waals surface area (Å²) in [5.41, 5.74) is 0.935. The van der Waals surface area contributed by atoms with Gasteiger partial charge in [-0.2, -0.15) is 0 Å². The third-order valence-electron chi connectivity index (χ3n) is 2.57. The van der Waals surface area contributed by atoms with Gasteiger partial charge in [0.25, 0.3) is 0 Å². The van der Waals surface area contributed by atoms with Crippen molar-refractivity contribution in [1.82, 2.24) is 4.98 Å². The highest BCUT2D eigenvalue weighted by molar-refractivity contribution is 6.29. The summed E-state index contributed by atoms with van der Waals surface area (Å²) in [6.45, 7) is 0. The van der Waals surface area contributed by atoms with Gasteiger partial charge in [-0.3, -0.25) is 0 Å². The fourth-order valence-corrected chi connectivity index (χ4v) is 1.77. The maximum Gasteiger partial charge on any atom is 0.335 e. The molecule has 0 aliphatic rings. The topological polar surface area (TPSA) is 90.7 Å². The van der Waals surface area contributed by atoms with Crippen LogP contribution < -0.4 is 0 Å². The van der Waals surface area contributed by atoms with Gasteiger partial charge in [-0.1, -0.05) is 17.7 Å². The summed E-state index contributed by atoms with van der Waals surface area (Å²) in [5.74, 6) is -1.48. The number of aliphatic hydroxyl groups is 2. The summed E-state index contributed by atoms with van der Waals surface area (Å²) in [7, 11) is 0. The minimum Gasteiger partial charge on any atom is -0.479 e. The SMILES string of the molecule is O=C(O)C(O)C(O)c1ccc2nc(Cl)ccc2c1. The largest absolute Gasteiger partial charge is 0.479 e. The Balaban J connectivity index is 2.41. The molecule has 0 fully saturated rings. The first-order valence-electron chi connectivity index (χ1n) is 5.14. The van der Waals surface area contributed by atoms with Crippen LogP contribution in [0.2, 0.25) is 5.15 Å². The molecule has 2 atom stereocenters. The quantitative estimate of drug-likeness (QED) is 0.731. The molecule has 1 heterocycles. The van der Waals surface area contributed by atoms with Crippen molar-refractivity contribution in [3.8, 4) is 0 Å². The van der Waals surface area contributed by atoms with Crippen LogP contribution in [0.1, 0.15) is 11.7 Å². The average molecular weight is 268 g/mol. The Morgan fingerprint density at radius 1 is 1.22 bits per heavy atom. The maximum absolute atomic E-state index is 10.6. The van der Waals surface area contributed by atoms with E-state index in [4.69, 9.17) is 16.7 Å². The zero-order chi connectivity index (χ0) is 13.3. The van der Waals surface area contributed by atoms with Crippen molar-refractivity contribution in [3.63, 3.8) is 0 Å². The number of nitrogens with zero attached hydrogens (tertiary/aromatic N) is 1. The normalized spacial score (nSPS) is 14.4. The molecule has 6 heteroatoms. The molecule has 1 aromatic heterocycles. The van der Waals surface area contributed by atoms with E-state index in [0.717, 1.165) is 0 Å². The number of hydrogen-bond donors (Lipinski definition) is 3. The number of carbonyl (C=O) groups is 1. The van der Waals surface area contributed by atoms with E-state index in [9.17, 15) is 15.0 Å². The van der Waals surface area contributed by atoms with Crippen LogP contribution in [0.25, 0.3) is 10.9 Å². The first-order valence-corrected chi connectivity index (χ1v) is 5.52. The highest BCUT2D eigenvalue weighted by Gasteiger charge is 2.25. The molecule has 0 bridgehead atoms. The number of pyridine rings is 1. The average Bonchev–Trinajstić information content (AvgIpc) is 2.36. The molecule has 0 amide bonds. The van der Waals surface area contributed by atoms with E-state index in [-0.39, 0.29) is 0 Å². The Morgan fingerprint density at radius 3 is 2.61 bits per heavy atom. The Hall–Kier alpha value is -1.69. The van der Waals surface area contributed by atoms with E-state index >= 15 is 0 Å². The molecule has 0 aliphatic heterocycles. The van der Waals surface area contributed by atoms with E-state index in [1.54, 1.807) is 24.3 Å². The number of hydrogen-bond acceptors (Lipinski definition) is 4. The number of benzene rings is 1. The molecule has 0 radical (unpaired) electrons. The Labute approximate surface area is 107 Å². The molecule has 0 saturated heterocycles. The number of fused-ring (bicyclic) bond motifs is 1. The molecule has 1 aromatic carbocycles.